The van der Waals surface area contributed by atoms with Gasteiger partial charge in [0.2, 0.25) is 0 Å². The van der Waals surface area contributed by atoms with Crippen LogP contribution < -0.4 is 10.4 Å². The smallest absolute Gasteiger partial charge is 0.268 e. The van der Waals surface area contributed by atoms with Gasteiger partial charge in [-0.15, -0.1) is 0 Å². The van der Waals surface area contributed by atoms with Gasteiger partial charge in [-0.1, -0.05) is 68.5 Å². The second kappa shape index (κ2) is 7.15. The van der Waals surface area contributed by atoms with Gasteiger partial charge in [0.05, 0.1) is 5.25 Å². The molecular weight excluding hydrogens is 424 g/mol. The van der Waals surface area contributed by atoms with E-state index in [1.54, 1.807) is 38.1 Å². The lowest BCUT2D eigenvalue weighted by Crippen LogP contribution is -2.40. The van der Waals surface area contributed by atoms with E-state index in [2.05, 4.69) is 0 Å². The van der Waals surface area contributed by atoms with Crippen LogP contribution in [0, 0.1) is 16.4 Å². The molecule has 3 atom stereocenters. The average Bonchev–Trinajstić information content (AvgIpc) is 2.73. The number of ketones is 1. The van der Waals surface area contributed by atoms with Crippen molar-refractivity contribution in [2.75, 3.05) is 0 Å². The van der Waals surface area contributed by atoms with Crippen molar-refractivity contribution in [1.82, 2.24) is 0 Å². The number of carbonyl (C=O) groups is 1. The summed E-state index contributed by atoms with van der Waals surface area (Å²) < 4.78 is 34.3. The second-order valence-corrected chi connectivity index (χ2v) is 10.2. The largest absolute Gasteiger partial charge is 0.508 e. The Morgan fingerprint density at radius 3 is 2.16 bits per heavy atom. The predicted octanol–water partition coefficient (Wildman–Crippen LogP) is 2.86. The summed E-state index contributed by atoms with van der Waals surface area (Å²) in [5.41, 5.74) is 2.32. The summed E-state index contributed by atoms with van der Waals surface area (Å²) in [6, 6.07) is 18.0. The van der Waals surface area contributed by atoms with Crippen molar-refractivity contribution in [2.24, 2.45) is 5.92 Å². The van der Waals surface area contributed by atoms with E-state index in [0.29, 0.717) is 22.3 Å². The van der Waals surface area contributed by atoms with Crippen LogP contribution in [-0.2, 0) is 10.1 Å². The summed E-state index contributed by atoms with van der Waals surface area (Å²) in [6.07, 6.45) is 1.82. The Balaban J connectivity index is 1.93. The maximum Gasteiger partial charge on any atom is 0.268 e. The van der Waals surface area contributed by atoms with Crippen molar-refractivity contribution in [3.63, 3.8) is 0 Å². The highest BCUT2D eigenvalue weighted by atomic mass is 32.2. The fourth-order valence-corrected chi connectivity index (χ4v) is 6.64. The molecule has 0 bridgehead atoms. The zero-order chi connectivity index (χ0) is 22.8. The number of hydrogen-bond acceptors (Lipinski definition) is 4. The highest BCUT2D eigenvalue weighted by Gasteiger charge is 2.40. The first-order chi connectivity index (χ1) is 15.2. The van der Waals surface area contributed by atoms with Crippen LogP contribution in [0.25, 0.3) is 11.6 Å². The minimum absolute atomic E-state index is 0.108. The number of fused-ring (bicyclic) bond motifs is 4. The minimum Gasteiger partial charge on any atom is -0.508 e. The Kier molecular flexibility index (Phi) is 4.62. The third kappa shape index (κ3) is 3.02. The highest BCUT2D eigenvalue weighted by molar-refractivity contribution is 7.86. The molecule has 0 aromatic heterocycles. The van der Waals surface area contributed by atoms with Crippen LogP contribution >= 0.6 is 0 Å². The van der Waals surface area contributed by atoms with Crippen LogP contribution in [0.3, 0.4) is 0 Å². The lowest BCUT2D eigenvalue weighted by molar-refractivity contribution is 0.105. The molecule has 0 spiro atoms. The summed E-state index contributed by atoms with van der Waals surface area (Å²) in [4.78, 5) is 14.0. The quantitative estimate of drug-likeness (QED) is 0.591. The van der Waals surface area contributed by atoms with Crippen LogP contribution in [0.4, 0.5) is 0 Å². The average molecular weight is 447 g/mol. The van der Waals surface area contributed by atoms with Gasteiger partial charge in [0.25, 0.3) is 10.1 Å². The normalized spacial score (nSPS) is 21.9. The van der Waals surface area contributed by atoms with Crippen LogP contribution in [-0.4, -0.2) is 29.1 Å². The predicted molar refractivity (Wildman–Crippen MR) is 122 cm³/mol. The number of Topliss-reactive ketones (excluding diaryl/α,β-unsaturated/α-hetero) is 1. The summed E-state index contributed by atoms with van der Waals surface area (Å²) >= 11 is 0. The molecule has 32 heavy (non-hydrogen) atoms. The van der Waals surface area contributed by atoms with Crippen LogP contribution in [0.1, 0.15) is 41.3 Å². The Hall–Kier alpha value is -3.22. The van der Waals surface area contributed by atoms with Crippen molar-refractivity contribution in [3.8, 4) is 5.75 Å². The third-order valence-corrected chi connectivity index (χ3v) is 8.15. The first-order valence-electron chi connectivity index (χ1n) is 10.5. The van der Waals surface area contributed by atoms with Gasteiger partial charge in [0.1, 0.15) is 5.75 Å². The van der Waals surface area contributed by atoms with Crippen molar-refractivity contribution in [3.05, 3.63) is 98.2 Å². The van der Waals surface area contributed by atoms with E-state index in [1.165, 1.54) is 0 Å². The first-order valence-corrected chi connectivity index (χ1v) is 12.0. The summed E-state index contributed by atoms with van der Waals surface area (Å²) in [6.45, 7) is 3.53. The molecule has 0 aliphatic heterocycles. The molecule has 3 unspecified atom stereocenters. The molecule has 0 amide bonds. The van der Waals surface area contributed by atoms with Gasteiger partial charge in [0.15, 0.2) is 5.78 Å². The van der Waals surface area contributed by atoms with Gasteiger partial charge >= 0.3 is 0 Å². The number of carbonyl (C=O) groups excluding carboxylic acids is 1. The van der Waals surface area contributed by atoms with Crippen LogP contribution in [0.2, 0.25) is 0 Å². The van der Waals surface area contributed by atoms with Crippen molar-refractivity contribution < 1.29 is 22.9 Å². The number of aromatic hydroxyl groups is 1. The zero-order valence-corrected chi connectivity index (χ0v) is 18.4. The molecule has 5 rings (SSSR count). The van der Waals surface area contributed by atoms with Crippen LogP contribution in [0.15, 0.2) is 60.7 Å². The van der Waals surface area contributed by atoms with Crippen LogP contribution in [0.5, 0.6) is 5.75 Å². The van der Waals surface area contributed by atoms with Crippen molar-refractivity contribution in [2.45, 2.75) is 25.0 Å². The van der Waals surface area contributed by atoms with E-state index >= 15 is 0 Å². The number of hydrogen-bond donors (Lipinski definition) is 2. The molecule has 3 aromatic carbocycles. The number of rotatable bonds is 2. The first kappa shape index (κ1) is 20.7. The molecule has 0 saturated heterocycles. The maximum atomic E-state index is 14.0. The molecule has 162 valence electrons. The molecule has 2 aliphatic rings. The van der Waals surface area contributed by atoms with E-state index in [4.69, 9.17) is 0 Å². The molecule has 0 fully saturated rings. The second-order valence-electron chi connectivity index (χ2n) is 8.58. The van der Waals surface area contributed by atoms with E-state index in [1.807, 2.05) is 42.5 Å². The number of benzene rings is 3. The number of phenolic OH excluding ortho intramolecular Hbond substituents is 1. The summed E-state index contributed by atoms with van der Waals surface area (Å²) in [5.74, 6) is -1.04. The Labute approximate surface area is 185 Å². The maximum absolute atomic E-state index is 14.0. The van der Waals surface area contributed by atoms with E-state index in [0.717, 1.165) is 20.9 Å². The topological polar surface area (TPSA) is 91.7 Å². The fraction of sp³-hybridized carbons (Fsp3) is 0.192. The molecule has 0 heterocycles. The molecule has 2 aliphatic carbocycles. The van der Waals surface area contributed by atoms with Gasteiger partial charge in [-0.2, -0.15) is 8.42 Å². The summed E-state index contributed by atoms with van der Waals surface area (Å²) in [7, 11) is -4.32. The van der Waals surface area contributed by atoms with Gasteiger partial charge in [0, 0.05) is 17.1 Å². The van der Waals surface area contributed by atoms with Gasteiger partial charge in [-0.05, 0) is 50.1 Å². The van der Waals surface area contributed by atoms with E-state index in [9.17, 15) is 22.9 Å². The summed E-state index contributed by atoms with van der Waals surface area (Å²) in [5, 5.41) is 12.0. The molecule has 3 aromatic rings. The van der Waals surface area contributed by atoms with E-state index in [-0.39, 0.29) is 11.5 Å². The molecule has 5 nitrogen and oxygen atoms in total. The molecule has 0 saturated carbocycles. The Bertz CT molecular complexity index is 1600. The van der Waals surface area contributed by atoms with E-state index < -0.39 is 27.2 Å². The van der Waals surface area contributed by atoms with Crippen molar-refractivity contribution in [1.29, 1.82) is 0 Å². The fourth-order valence-electron chi connectivity index (χ4n) is 5.37. The highest BCUT2D eigenvalue weighted by Crippen LogP contribution is 2.36. The lowest BCUT2D eigenvalue weighted by Gasteiger charge is -2.32. The molecule has 2 N–H and O–H groups in total. The molecular formula is C26H22O5S. The van der Waals surface area contributed by atoms with Gasteiger partial charge < -0.3 is 5.11 Å². The standard InChI is InChI=1S/C26H22O5S/c1-14-13-17-9-12-21-19-5-3-4-6-20(19)23(16-7-10-18(27)11-8-16)25(28)24(21)22(17)15(2)26(14)32(29,30)31/h3-15,26-27H,1-2H3,(H,29,30,31). The van der Waals surface area contributed by atoms with Crippen molar-refractivity contribution >= 4 is 27.6 Å². The molecule has 0 radical (unpaired) electrons. The molecule has 6 heteroatoms. The SMILES string of the molecule is CC1C=c2ccc3c(c2C(C)C1S(=O)(=O)O)C(=O)C(c1ccc(O)cc1)=c1ccccc1=3. The number of phenols is 1. The Morgan fingerprint density at radius 1 is 0.844 bits per heavy atom. The third-order valence-electron chi connectivity index (χ3n) is 6.63. The van der Waals surface area contributed by atoms with Gasteiger partial charge in [-0.25, -0.2) is 0 Å². The lowest BCUT2D eigenvalue weighted by atomic mass is 9.77. The zero-order valence-electron chi connectivity index (χ0n) is 17.6. The minimum atomic E-state index is -4.32. The Morgan fingerprint density at radius 2 is 1.50 bits per heavy atom. The van der Waals surface area contributed by atoms with Gasteiger partial charge in [-0.3, -0.25) is 9.35 Å². The monoisotopic (exact) mass is 446 g/mol.